The van der Waals surface area contributed by atoms with Gasteiger partial charge in [-0.15, -0.1) is 0 Å². The lowest BCUT2D eigenvalue weighted by Crippen LogP contribution is -2.41. The Morgan fingerprint density at radius 1 is 1.43 bits per heavy atom. The van der Waals surface area contributed by atoms with E-state index in [0.29, 0.717) is 16.7 Å². The number of aldehydes is 1. The second kappa shape index (κ2) is 9.70. The number of carbonyl (C=O) groups excluding carboxylic acids is 1. The van der Waals surface area contributed by atoms with E-state index in [-0.39, 0.29) is 12.0 Å². The Hall–Kier alpha value is -1.18. The Morgan fingerprint density at radius 2 is 2.00 bits per heavy atom. The van der Waals surface area contributed by atoms with E-state index in [1.54, 1.807) is 13.1 Å². The predicted molar refractivity (Wildman–Crippen MR) is 91.1 cm³/mol. The van der Waals surface area contributed by atoms with E-state index in [4.69, 9.17) is 29.5 Å². The van der Waals surface area contributed by atoms with E-state index < -0.39 is 0 Å². The summed E-state index contributed by atoms with van der Waals surface area (Å²) in [5.74, 6) is 5.76. The fraction of sp³-hybridized carbons (Fsp3) is 0.714. The van der Waals surface area contributed by atoms with E-state index in [9.17, 15) is 4.79 Å². The molecule has 1 aliphatic heterocycles. The Bertz CT molecular complexity index is 368. The largest absolute Gasteiger partial charge is 0.401 e. The number of nitrogens with two attached hydrogens (primary N) is 3. The molecule has 0 aromatic heterocycles. The van der Waals surface area contributed by atoms with Crippen molar-refractivity contribution in [1.82, 2.24) is 9.91 Å². The summed E-state index contributed by atoms with van der Waals surface area (Å²) >= 11 is 4.87. The summed E-state index contributed by atoms with van der Waals surface area (Å²) in [7, 11) is 2.07. The summed E-state index contributed by atoms with van der Waals surface area (Å²) in [6.07, 6.45) is 4.76. The van der Waals surface area contributed by atoms with Gasteiger partial charge in [-0.25, -0.2) is 5.84 Å². The zero-order valence-corrected chi connectivity index (χ0v) is 14.3. The average Bonchev–Trinajstić information content (AvgIpc) is 2.75. The minimum Gasteiger partial charge on any atom is -0.401 e. The van der Waals surface area contributed by atoms with Crippen molar-refractivity contribution in [2.24, 2.45) is 23.2 Å². The minimum atomic E-state index is -0.302. The molecule has 122 valence electrons. The third-order valence-electron chi connectivity index (χ3n) is 3.37. The molecule has 21 heavy (non-hydrogen) atoms. The Labute approximate surface area is 133 Å². The highest BCUT2D eigenvalue weighted by Gasteiger charge is 2.22. The van der Waals surface area contributed by atoms with Crippen LogP contribution in [-0.2, 0) is 4.79 Å². The maximum atomic E-state index is 10.6. The summed E-state index contributed by atoms with van der Waals surface area (Å²) in [5, 5.41) is 1.34. The number of nitrogens with zero attached hydrogens (tertiary/aromatic N) is 2. The van der Waals surface area contributed by atoms with Gasteiger partial charge in [-0.1, -0.05) is 26.1 Å². The zero-order chi connectivity index (χ0) is 16.6. The molecule has 6 N–H and O–H groups in total. The molecule has 2 unspecified atom stereocenters. The van der Waals surface area contributed by atoms with Gasteiger partial charge in [0.25, 0.3) is 0 Å². The average molecular weight is 315 g/mol. The number of hydrogen-bond donors (Lipinski definition) is 3. The van der Waals surface area contributed by atoms with Crippen LogP contribution in [0, 0.1) is 5.92 Å². The third-order valence-corrected chi connectivity index (χ3v) is 3.64. The SMILES string of the molecule is C/C(N)=C/N(N)C(C=O)C(C)C.CN1CCCC1C(N)=S. The van der Waals surface area contributed by atoms with E-state index in [2.05, 4.69) is 11.9 Å². The Balaban J connectivity index is 0.000000394. The molecule has 0 bridgehead atoms. The van der Waals surface area contributed by atoms with Crippen LogP contribution in [-0.4, -0.2) is 46.9 Å². The van der Waals surface area contributed by atoms with Gasteiger partial charge in [0.1, 0.15) is 12.3 Å². The summed E-state index contributed by atoms with van der Waals surface area (Å²) in [5.41, 5.74) is 11.5. The lowest BCUT2D eigenvalue weighted by molar-refractivity contribution is -0.112. The van der Waals surface area contributed by atoms with Crippen LogP contribution >= 0.6 is 12.2 Å². The van der Waals surface area contributed by atoms with Gasteiger partial charge in [-0.2, -0.15) is 0 Å². The molecule has 0 aromatic carbocycles. The fourth-order valence-electron chi connectivity index (χ4n) is 2.16. The summed E-state index contributed by atoms with van der Waals surface area (Å²) < 4.78 is 0. The van der Waals surface area contributed by atoms with Gasteiger partial charge in [0.2, 0.25) is 0 Å². The fourth-order valence-corrected chi connectivity index (χ4v) is 2.46. The van der Waals surface area contributed by atoms with Gasteiger partial charge in [-0.3, -0.25) is 4.90 Å². The zero-order valence-electron chi connectivity index (χ0n) is 13.5. The van der Waals surface area contributed by atoms with Crippen LogP contribution in [0.1, 0.15) is 33.6 Å². The maximum Gasteiger partial charge on any atom is 0.144 e. The number of carbonyl (C=O) groups is 1. The van der Waals surface area contributed by atoms with Crippen molar-refractivity contribution in [3.8, 4) is 0 Å². The van der Waals surface area contributed by atoms with Crippen molar-refractivity contribution >= 4 is 23.5 Å². The van der Waals surface area contributed by atoms with Crippen LogP contribution < -0.4 is 17.3 Å². The minimum absolute atomic E-state index is 0.183. The van der Waals surface area contributed by atoms with Crippen molar-refractivity contribution in [2.75, 3.05) is 13.6 Å². The number of likely N-dealkylation sites (tertiary alicyclic amines) is 1. The van der Waals surface area contributed by atoms with Gasteiger partial charge in [0.05, 0.1) is 11.0 Å². The van der Waals surface area contributed by atoms with Gasteiger partial charge in [0, 0.05) is 11.9 Å². The first kappa shape index (κ1) is 19.8. The van der Waals surface area contributed by atoms with Crippen LogP contribution in [0.2, 0.25) is 0 Å². The summed E-state index contributed by atoms with van der Waals surface area (Å²) in [6, 6.07) is 0.0727. The topological polar surface area (TPSA) is 102 Å². The normalized spacial score (nSPS) is 20.7. The first-order valence-corrected chi connectivity index (χ1v) is 7.53. The molecular formula is C14H29N5OS. The molecule has 1 saturated heterocycles. The van der Waals surface area contributed by atoms with E-state index in [0.717, 1.165) is 19.3 Å². The molecule has 1 fully saturated rings. The Morgan fingerprint density at radius 3 is 2.24 bits per heavy atom. The van der Waals surface area contributed by atoms with Crippen LogP contribution in [0.25, 0.3) is 0 Å². The second-order valence-corrected chi connectivity index (χ2v) is 6.20. The molecule has 1 rings (SSSR count). The first-order valence-electron chi connectivity index (χ1n) is 7.12. The summed E-state index contributed by atoms with van der Waals surface area (Å²) in [4.78, 5) is 13.4. The van der Waals surface area contributed by atoms with Crippen molar-refractivity contribution in [1.29, 1.82) is 0 Å². The lowest BCUT2D eigenvalue weighted by Gasteiger charge is -2.24. The van der Waals surface area contributed by atoms with Crippen LogP contribution in [0.5, 0.6) is 0 Å². The number of likely N-dealkylation sites (N-methyl/N-ethyl adjacent to an activating group) is 1. The number of thiocarbonyl (C=S) groups is 1. The van der Waals surface area contributed by atoms with Crippen LogP contribution in [0.15, 0.2) is 11.9 Å². The quantitative estimate of drug-likeness (QED) is 0.295. The monoisotopic (exact) mass is 315 g/mol. The third kappa shape index (κ3) is 7.40. The molecule has 0 aromatic rings. The van der Waals surface area contributed by atoms with Gasteiger partial charge in [-0.05, 0) is 39.3 Å². The van der Waals surface area contributed by atoms with Crippen molar-refractivity contribution in [3.05, 3.63) is 11.9 Å². The molecule has 6 nitrogen and oxygen atoms in total. The van der Waals surface area contributed by atoms with E-state index >= 15 is 0 Å². The molecule has 1 heterocycles. The lowest BCUT2D eigenvalue weighted by atomic mass is 10.1. The van der Waals surface area contributed by atoms with Gasteiger partial charge < -0.3 is 21.3 Å². The molecule has 0 aliphatic carbocycles. The molecule has 0 radical (unpaired) electrons. The van der Waals surface area contributed by atoms with Crippen molar-refractivity contribution in [2.45, 2.75) is 45.7 Å². The molecule has 7 heteroatoms. The second-order valence-electron chi connectivity index (χ2n) is 5.73. The number of hydrazine groups is 1. The van der Waals surface area contributed by atoms with Crippen molar-refractivity contribution in [3.63, 3.8) is 0 Å². The smallest absolute Gasteiger partial charge is 0.144 e. The molecule has 0 spiro atoms. The number of hydrogen-bond acceptors (Lipinski definition) is 6. The maximum absolute atomic E-state index is 10.6. The number of allylic oxidation sites excluding steroid dienone is 1. The molecule has 0 saturated carbocycles. The molecule has 0 amide bonds. The highest BCUT2D eigenvalue weighted by atomic mass is 32.1. The standard InChI is InChI=1S/C8H17N3O.C6H12N2S/c1-6(2)8(5-12)11(10)4-7(3)9;1-8-4-2-3-5(8)6(7)9/h4-6,8H,9-10H2,1-3H3;5H,2-4H2,1H3,(H2,7,9)/b7-4-;. The van der Waals surface area contributed by atoms with E-state index in [1.807, 2.05) is 13.8 Å². The van der Waals surface area contributed by atoms with E-state index in [1.165, 1.54) is 11.4 Å². The molecular weight excluding hydrogens is 286 g/mol. The highest BCUT2D eigenvalue weighted by Crippen LogP contribution is 2.14. The Kier molecular flexibility index (Phi) is 9.16. The highest BCUT2D eigenvalue weighted by molar-refractivity contribution is 7.80. The predicted octanol–water partition coefficient (Wildman–Crippen LogP) is 0.572. The molecule has 1 aliphatic rings. The van der Waals surface area contributed by atoms with Crippen molar-refractivity contribution < 1.29 is 4.79 Å². The number of rotatable bonds is 5. The van der Waals surface area contributed by atoms with Crippen LogP contribution in [0.4, 0.5) is 0 Å². The van der Waals surface area contributed by atoms with Crippen LogP contribution in [0.3, 0.4) is 0 Å². The summed E-state index contributed by atoms with van der Waals surface area (Å²) in [6.45, 7) is 6.72. The van der Waals surface area contributed by atoms with Gasteiger partial charge >= 0.3 is 0 Å². The first-order chi connectivity index (χ1) is 9.70. The molecule has 2 atom stereocenters. The van der Waals surface area contributed by atoms with Gasteiger partial charge in [0.15, 0.2) is 0 Å².